The number of alkyl halides is 2. The van der Waals surface area contributed by atoms with Crippen LogP contribution in [-0.2, 0) is 18.3 Å². The van der Waals surface area contributed by atoms with Crippen LogP contribution in [0.15, 0.2) is 29.8 Å². The Morgan fingerprint density at radius 2 is 2.30 bits per heavy atom. The smallest absolute Gasteiger partial charge is 0.319 e. The molecule has 0 aromatic carbocycles. The molecule has 1 atom stereocenters. The van der Waals surface area contributed by atoms with Crippen LogP contribution >= 0.6 is 24.0 Å². The van der Waals surface area contributed by atoms with Gasteiger partial charge in [0.05, 0.1) is 19.3 Å². The minimum absolute atomic E-state index is 0. The molecule has 3 heterocycles. The van der Waals surface area contributed by atoms with Crippen LogP contribution in [0.5, 0.6) is 0 Å². The van der Waals surface area contributed by atoms with Crippen LogP contribution in [0.2, 0.25) is 0 Å². The molecule has 1 aliphatic rings. The first-order chi connectivity index (χ1) is 12.6. The molecule has 2 aromatic rings. The first-order valence-electron chi connectivity index (χ1n) is 8.51. The number of hydrogen-bond donors (Lipinski definition) is 1. The van der Waals surface area contributed by atoms with Gasteiger partial charge in [-0.05, 0) is 6.92 Å². The van der Waals surface area contributed by atoms with Crippen LogP contribution in [0.3, 0.4) is 0 Å². The minimum atomic E-state index is -2.62. The van der Waals surface area contributed by atoms with Gasteiger partial charge in [0.15, 0.2) is 5.96 Å². The molecule has 8 nitrogen and oxygen atoms in total. The van der Waals surface area contributed by atoms with Gasteiger partial charge in [-0.3, -0.25) is 9.25 Å². The van der Waals surface area contributed by atoms with Gasteiger partial charge in [-0.1, -0.05) is 0 Å². The number of rotatable bonds is 5. The summed E-state index contributed by atoms with van der Waals surface area (Å²) in [5.41, 5.74) is 1.00. The van der Waals surface area contributed by atoms with Gasteiger partial charge in [-0.25, -0.2) is 9.98 Å². The lowest BCUT2D eigenvalue weighted by Gasteiger charge is -2.34. The summed E-state index contributed by atoms with van der Waals surface area (Å²) in [5.74, 6) is 0.890. The molecule has 11 heteroatoms. The third kappa shape index (κ3) is 5.37. The molecule has 1 saturated heterocycles. The van der Waals surface area contributed by atoms with Crippen LogP contribution in [0.1, 0.15) is 31.0 Å². The number of morpholine rings is 1. The Bertz CT molecular complexity index is 749. The molecular formula is C16H24F2IN7O. The molecule has 1 unspecified atom stereocenters. The minimum Gasteiger partial charge on any atom is -0.370 e. The topological polar surface area (TPSA) is 72.5 Å². The second-order valence-corrected chi connectivity index (χ2v) is 5.95. The molecule has 0 radical (unpaired) electrons. The Morgan fingerprint density at radius 1 is 1.48 bits per heavy atom. The molecule has 150 valence electrons. The van der Waals surface area contributed by atoms with Crippen molar-refractivity contribution in [2.45, 2.75) is 26.1 Å². The van der Waals surface area contributed by atoms with Gasteiger partial charge < -0.3 is 15.0 Å². The molecule has 2 aromatic heterocycles. The Hall–Kier alpha value is -1.76. The standard InChI is InChI=1S/C16H23F2N7O.HI/c1-3-19-16(21-9-14-20-4-5-25(14)15(17)18)24-6-7-26-13(11-24)12-8-22-23(2)10-12;/h4-5,8,10,13,15H,3,6-7,9,11H2,1-2H3,(H,19,21);1H. The summed E-state index contributed by atoms with van der Waals surface area (Å²) in [4.78, 5) is 10.5. The fourth-order valence-electron chi connectivity index (χ4n) is 2.87. The average Bonchev–Trinajstić information content (AvgIpc) is 3.27. The molecule has 1 fully saturated rings. The molecule has 0 spiro atoms. The third-order valence-electron chi connectivity index (χ3n) is 4.13. The Labute approximate surface area is 173 Å². The predicted molar refractivity (Wildman–Crippen MR) is 107 cm³/mol. The average molecular weight is 495 g/mol. The summed E-state index contributed by atoms with van der Waals surface area (Å²) in [6.45, 7) is 1.94. The summed E-state index contributed by atoms with van der Waals surface area (Å²) in [6, 6.07) is 0. The summed E-state index contributed by atoms with van der Waals surface area (Å²) in [7, 11) is 1.86. The zero-order valence-electron chi connectivity index (χ0n) is 15.3. The third-order valence-corrected chi connectivity index (χ3v) is 4.13. The molecule has 1 aliphatic heterocycles. The van der Waals surface area contributed by atoms with E-state index >= 15 is 0 Å². The highest BCUT2D eigenvalue weighted by atomic mass is 127. The van der Waals surface area contributed by atoms with Crippen molar-refractivity contribution in [2.24, 2.45) is 12.0 Å². The summed E-state index contributed by atoms with van der Waals surface area (Å²) in [5, 5.41) is 7.40. The van der Waals surface area contributed by atoms with E-state index in [2.05, 4.69) is 25.3 Å². The zero-order chi connectivity index (χ0) is 18.5. The lowest BCUT2D eigenvalue weighted by Crippen LogP contribution is -2.48. The number of imidazole rings is 1. The van der Waals surface area contributed by atoms with E-state index in [0.29, 0.717) is 32.2 Å². The van der Waals surface area contributed by atoms with Crippen LogP contribution in [-0.4, -0.2) is 56.4 Å². The molecule has 0 bridgehead atoms. The zero-order valence-corrected chi connectivity index (χ0v) is 17.6. The molecule has 1 N–H and O–H groups in total. The maximum atomic E-state index is 13.0. The van der Waals surface area contributed by atoms with Crippen LogP contribution < -0.4 is 5.32 Å². The van der Waals surface area contributed by atoms with Crippen molar-refractivity contribution in [3.63, 3.8) is 0 Å². The predicted octanol–water partition coefficient (Wildman–Crippen LogP) is 2.17. The Kier molecular flexibility index (Phi) is 7.95. The van der Waals surface area contributed by atoms with Crippen molar-refractivity contribution >= 4 is 29.9 Å². The van der Waals surface area contributed by atoms with E-state index in [-0.39, 0.29) is 42.4 Å². The van der Waals surface area contributed by atoms with Crippen LogP contribution in [0, 0.1) is 0 Å². The highest BCUT2D eigenvalue weighted by Gasteiger charge is 2.25. The molecular weight excluding hydrogens is 471 g/mol. The van der Waals surface area contributed by atoms with Gasteiger partial charge in [0, 0.05) is 44.3 Å². The number of aromatic nitrogens is 4. The van der Waals surface area contributed by atoms with Gasteiger partial charge in [0.1, 0.15) is 18.5 Å². The number of nitrogens with one attached hydrogen (secondary N) is 1. The van der Waals surface area contributed by atoms with Crippen molar-refractivity contribution in [3.8, 4) is 0 Å². The number of ether oxygens (including phenoxy) is 1. The van der Waals surface area contributed by atoms with Crippen molar-refractivity contribution in [1.29, 1.82) is 0 Å². The largest absolute Gasteiger partial charge is 0.370 e. The van der Waals surface area contributed by atoms with Crippen molar-refractivity contribution in [2.75, 3.05) is 26.2 Å². The fraction of sp³-hybridized carbons (Fsp3) is 0.562. The van der Waals surface area contributed by atoms with E-state index in [9.17, 15) is 8.78 Å². The van der Waals surface area contributed by atoms with E-state index in [1.54, 1.807) is 10.9 Å². The number of hydrogen-bond acceptors (Lipinski definition) is 4. The number of halogens is 3. The second kappa shape index (κ2) is 9.97. The van der Waals surface area contributed by atoms with Gasteiger partial charge >= 0.3 is 6.55 Å². The lowest BCUT2D eigenvalue weighted by molar-refractivity contribution is -0.00806. The van der Waals surface area contributed by atoms with Gasteiger partial charge in [0.2, 0.25) is 0 Å². The van der Waals surface area contributed by atoms with Gasteiger partial charge in [0.25, 0.3) is 0 Å². The van der Waals surface area contributed by atoms with E-state index in [0.717, 1.165) is 10.1 Å². The van der Waals surface area contributed by atoms with Crippen molar-refractivity contribution < 1.29 is 13.5 Å². The lowest BCUT2D eigenvalue weighted by atomic mass is 10.1. The number of aliphatic imine (C=N–C) groups is 1. The molecule has 0 aliphatic carbocycles. The second-order valence-electron chi connectivity index (χ2n) is 5.95. The van der Waals surface area contributed by atoms with E-state index in [4.69, 9.17) is 4.74 Å². The van der Waals surface area contributed by atoms with E-state index in [1.165, 1.54) is 12.4 Å². The summed E-state index contributed by atoms with van der Waals surface area (Å²) < 4.78 is 34.3. The monoisotopic (exact) mass is 495 g/mol. The Morgan fingerprint density at radius 3 is 2.96 bits per heavy atom. The summed E-state index contributed by atoms with van der Waals surface area (Å²) >= 11 is 0. The maximum absolute atomic E-state index is 13.0. The van der Waals surface area contributed by atoms with Crippen molar-refractivity contribution in [3.05, 3.63) is 36.2 Å². The highest BCUT2D eigenvalue weighted by Crippen LogP contribution is 2.22. The fourth-order valence-corrected chi connectivity index (χ4v) is 2.87. The highest BCUT2D eigenvalue weighted by molar-refractivity contribution is 14.0. The van der Waals surface area contributed by atoms with Gasteiger partial charge in [-0.15, -0.1) is 24.0 Å². The van der Waals surface area contributed by atoms with Crippen LogP contribution in [0.4, 0.5) is 8.78 Å². The molecule has 3 rings (SSSR count). The Balaban J connectivity index is 0.00000261. The maximum Gasteiger partial charge on any atom is 0.319 e. The van der Waals surface area contributed by atoms with E-state index in [1.807, 2.05) is 20.2 Å². The van der Waals surface area contributed by atoms with E-state index < -0.39 is 6.55 Å². The number of nitrogens with zero attached hydrogens (tertiary/aromatic N) is 6. The molecule has 27 heavy (non-hydrogen) atoms. The SMILES string of the molecule is CCNC(=NCc1nccn1C(F)F)N1CCOC(c2cnn(C)c2)C1.I. The number of aryl methyl sites for hydroxylation is 1. The van der Waals surface area contributed by atoms with Crippen LogP contribution in [0.25, 0.3) is 0 Å². The van der Waals surface area contributed by atoms with Crippen molar-refractivity contribution in [1.82, 2.24) is 29.5 Å². The molecule has 0 saturated carbocycles. The summed E-state index contributed by atoms with van der Waals surface area (Å²) in [6.07, 6.45) is 6.23. The first kappa shape index (κ1) is 21.5. The number of guanidine groups is 1. The first-order valence-corrected chi connectivity index (χ1v) is 8.51. The van der Waals surface area contributed by atoms with Gasteiger partial charge in [-0.2, -0.15) is 13.9 Å². The normalized spacial score (nSPS) is 17.9. The molecule has 0 amide bonds. The quantitative estimate of drug-likeness (QED) is 0.391.